The number of carbonyl (C=O) groups is 2. The van der Waals surface area contributed by atoms with Crippen LogP contribution in [-0.2, 0) is 9.53 Å². The highest BCUT2D eigenvalue weighted by Crippen LogP contribution is 2.28. The Morgan fingerprint density at radius 1 is 1.36 bits per heavy atom. The van der Waals surface area contributed by atoms with Crippen LogP contribution in [0.3, 0.4) is 0 Å². The summed E-state index contributed by atoms with van der Waals surface area (Å²) in [7, 11) is 0. The molecule has 3 rings (SSSR count). The number of nitriles is 1. The first-order valence-electron chi connectivity index (χ1n) is 8.94. The van der Waals surface area contributed by atoms with Crippen molar-refractivity contribution < 1.29 is 23.8 Å². The third-order valence-electron chi connectivity index (χ3n) is 4.62. The fourth-order valence-corrected chi connectivity index (χ4v) is 3.11. The third-order valence-corrected chi connectivity index (χ3v) is 4.62. The lowest BCUT2D eigenvalue weighted by Crippen LogP contribution is -2.32. The molecule has 7 nitrogen and oxygen atoms in total. The number of carbonyl (C=O) groups excluding carboxylic acids is 1. The van der Waals surface area contributed by atoms with E-state index in [1.165, 1.54) is 12.1 Å². The largest absolute Gasteiger partial charge is 0.478 e. The first-order chi connectivity index (χ1) is 13.5. The molecule has 2 aromatic rings. The summed E-state index contributed by atoms with van der Waals surface area (Å²) in [5.41, 5.74) is 1.34. The highest BCUT2D eigenvalue weighted by atomic mass is 16.5. The van der Waals surface area contributed by atoms with Gasteiger partial charge in [0.15, 0.2) is 0 Å². The van der Waals surface area contributed by atoms with Crippen LogP contribution in [0.1, 0.15) is 34.5 Å². The average molecular weight is 380 g/mol. The molecule has 2 N–H and O–H groups in total. The second-order valence-corrected chi connectivity index (χ2v) is 6.50. The monoisotopic (exact) mass is 380 g/mol. The number of furan rings is 1. The second kappa shape index (κ2) is 8.55. The first kappa shape index (κ1) is 19.4. The van der Waals surface area contributed by atoms with Crippen molar-refractivity contribution in [1.82, 2.24) is 5.32 Å². The van der Waals surface area contributed by atoms with Crippen molar-refractivity contribution in [2.45, 2.75) is 25.9 Å². The Labute approximate surface area is 162 Å². The summed E-state index contributed by atoms with van der Waals surface area (Å²) in [6, 6.07) is 10.1. The Morgan fingerprint density at radius 2 is 2.18 bits per heavy atom. The topological polar surface area (TPSA) is 113 Å². The van der Waals surface area contributed by atoms with Gasteiger partial charge in [0.05, 0.1) is 11.7 Å². The molecule has 1 fully saturated rings. The molecule has 0 radical (unpaired) electrons. The number of carboxylic acids is 1. The van der Waals surface area contributed by atoms with E-state index in [1.807, 2.05) is 6.07 Å². The molecule has 1 unspecified atom stereocenters. The van der Waals surface area contributed by atoms with E-state index in [9.17, 15) is 20.0 Å². The highest BCUT2D eigenvalue weighted by Gasteiger charge is 2.18. The average Bonchev–Trinajstić information content (AvgIpc) is 3.36. The number of amides is 1. The molecule has 0 spiro atoms. The quantitative estimate of drug-likeness (QED) is 0.588. The zero-order chi connectivity index (χ0) is 20.1. The van der Waals surface area contributed by atoms with Gasteiger partial charge in [0.25, 0.3) is 5.91 Å². The molecule has 1 aromatic heterocycles. The van der Waals surface area contributed by atoms with Crippen molar-refractivity contribution >= 4 is 18.0 Å². The number of benzene rings is 1. The molecule has 28 heavy (non-hydrogen) atoms. The molecule has 1 aromatic carbocycles. The number of hydrogen-bond acceptors (Lipinski definition) is 5. The normalized spacial score (nSPS) is 16.6. The zero-order valence-electron chi connectivity index (χ0n) is 15.4. The molecule has 1 saturated heterocycles. The molecule has 1 atom stereocenters. The minimum Gasteiger partial charge on any atom is -0.478 e. The van der Waals surface area contributed by atoms with E-state index >= 15 is 0 Å². The molecule has 1 aliphatic rings. The van der Waals surface area contributed by atoms with Gasteiger partial charge in [-0.1, -0.05) is 12.1 Å². The lowest BCUT2D eigenvalue weighted by molar-refractivity contribution is -0.117. The Hall–Kier alpha value is -3.37. The van der Waals surface area contributed by atoms with Gasteiger partial charge in [0.2, 0.25) is 0 Å². The van der Waals surface area contributed by atoms with Crippen molar-refractivity contribution in [3.8, 4) is 17.4 Å². The van der Waals surface area contributed by atoms with Gasteiger partial charge < -0.3 is 19.6 Å². The Balaban J connectivity index is 1.77. The van der Waals surface area contributed by atoms with Crippen LogP contribution in [-0.4, -0.2) is 36.2 Å². The van der Waals surface area contributed by atoms with Gasteiger partial charge in [-0.15, -0.1) is 0 Å². The van der Waals surface area contributed by atoms with Gasteiger partial charge in [0.1, 0.15) is 23.2 Å². The van der Waals surface area contributed by atoms with E-state index in [2.05, 4.69) is 5.32 Å². The fourth-order valence-electron chi connectivity index (χ4n) is 3.11. The number of hydrogen-bond donors (Lipinski definition) is 2. The smallest absolute Gasteiger partial charge is 0.335 e. The maximum Gasteiger partial charge on any atom is 0.335 e. The van der Waals surface area contributed by atoms with E-state index < -0.39 is 11.9 Å². The van der Waals surface area contributed by atoms with Crippen LogP contribution in [0.4, 0.5) is 0 Å². The van der Waals surface area contributed by atoms with Gasteiger partial charge in [-0.25, -0.2) is 4.79 Å². The summed E-state index contributed by atoms with van der Waals surface area (Å²) in [4.78, 5) is 23.5. The number of nitrogens with one attached hydrogen (secondary N) is 1. The minimum absolute atomic E-state index is 0.0106. The van der Waals surface area contributed by atoms with Crippen molar-refractivity contribution in [3.63, 3.8) is 0 Å². The van der Waals surface area contributed by atoms with Crippen LogP contribution in [0, 0.1) is 18.3 Å². The van der Waals surface area contributed by atoms with Gasteiger partial charge in [0, 0.05) is 24.8 Å². The van der Waals surface area contributed by atoms with Crippen LogP contribution in [0.2, 0.25) is 0 Å². The van der Waals surface area contributed by atoms with Crippen LogP contribution in [0.5, 0.6) is 0 Å². The molecule has 1 aliphatic heterocycles. The van der Waals surface area contributed by atoms with Gasteiger partial charge in [-0.2, -0.15) is 5.26 Å². The molecule has 1 amide bonds. The summed E-state index contributed by atoms with van der Waals surface area (Å²) in [5, 5.41) is 21.3. The number of nitrogens with zero attached hydrogens (tertiary/aromatic N) is 1. The van der Waals surface area contributed by atoms with Crippen LogP contribution < -0.4 is 5.32 Å². The maximum atomic E-state index is 12.2. The van der Waals surface area contributed by atoms with Crippen molar-refractivity contribution in [3.05, 3.63) is 52.8 Å². The van der Waals surface area contributed by atoms with E-state index in [-0.39, 0.29) is 17.2 Å². The van der Waals surface area contributed by atoms with Gasteiger partial charge in [-0.05, 0) is 43.5 Å². The van der Waals surface area contributed by atoms with Crippen LogP contribution >= 0.6 is 0 Å². The van der Waals surface area contributed by atoms with Gasteiger partial charge >= 0.3 is 5.97 Å². The number of ether oxygens (including phenoxy) is 1. The second-order valence-electron chi connectivity index (χ2n) is 6.50. The predicted molar refractivity (Wildman–Crippen MR) is 101 cm³/mol. The van der Waals surface area contributed by atoms with E-state index in [4.69, 9.17) is 9.15 Å². The molecule has 0 aliphatic carbocycles. The van der Waals surface area contributed by atoms with Crippen molar-refractivity contribution in [2.75, 3.05) is 13.2 Å². The van der Waals surface area contributed by atoms with Crippen molar-refractivity contribution in [2.24, 2.45) is 0 Å². The lowest BCUT2D eigenvalue weighted by Gasteiger charge is -2.09. The zero-order valence-corrected chi connectivity index (χ0v) is 15.4. The van der Waals surface area contributed by atoms with Crippen molar-refractivity contribution in [1.29, 1.82) is 5.26 Å². The third kappa shape index (κ3) is 4.30. The van der Waals surface area contributed by atoms with Gasteiger partial charge in [-0.3, -0.25) is 4.79 Å². The maximum absolute atomic E-state index is 12.2. The van der Waals surface area contributed by atoms with E-state index in [0.717, 1.165) is 12.8 Å². The number of rotatable bonds is 6. The van der Waals surface area contributed by atoms with Crippen LogP contribution in [0.25, 0.3) is 17.4 Å². The fraction of sp³-hybridized carbons (Fsp3) is 0.286. The van der Waals surface area contributed by atoms with E-state index in [1.54, 1.807) is 31.2 Å². The highest BCUT2D eigenvalue weighted by molar-refractivity contribution is 6.01. The minimum atomic E-state index is -1.01. The van der Waals surface area contributed by atoms with E-state index in [0.29, 0.717) is 35.8 Å². The molecule has 144 valence electrons. The Morgan fingerprint density at radius 3 is 2.86 bits per heavy atom. The number of aromatic carboxylic acids is 1. The molecule has 0 bridgehead atoms. The summed E-state index contributed by atoms with van der Waals surface area (Å²) < 4.78 is 11.2. The summed E-state index contributed by atoms with van der Waals surface area (Å²) in [6.07, 6.45) is 3.22. The summed E-state index contributed by atoms with van der Waals surface area (Å²) >= 11 is 0. The first-order valence-corrected chi connectivity index (χ1v) is 8.94. The molecular weight excluding hydrogens is 360 g/mol. The summed E-state index contributed by atoms with van der Waals surface area (Å²) in [6.45, 7) is 2.76. The Bertz CT molecular complexity index is 961. The lowest BCUT2D eigenvalue weighted by atomic mass is 10.0. The molecule has 2 heterocycles. The standard InChI is InChI=1S/C21H20N2O5/c1-13-17(5-2-6-18(13)21(25)26)19-8-7-15(28-19)10-14(11-22)20(24)23-12-16-4-3-9-27-16/h2,5-8,10,16H,3-4,9,12H2,1H3,(H,23,24)(H,25,26). The molecule has 7 heteroatoms. The SMILES string of the molecule is Cc1c(C(=O)O)cccc1-c1ccc(C=C(C#N)C(=O)NCC2CCCO2)o1. The molecule has 0 saturated carbocycles. The van der Waals surface area contributed by atoms with Crippen LogP contribution in [0.15, 0.2) is 40.3 Å². The Kier molecular flexibility index (Phi) is 5.92. The molecular formula is C21H20N2O5. The predicted octanol–water partition coefficient (Wildman–Crippen LogP) is 3.16. The number of carboxylic acid groups (broad SMARTS) is 1. The summed E-state index contributed by atoms with van der Waals surface area (Å²) in [5.74, 6) is -0.705.